The Kier molecular flexibility index (Phi) is 5.46. The normalized spacial score (nSPS) is 12.6. The summed E-state index contributed by atoms with van der Waals surface area (Å²) >= 11 is 11.8. The van der Waals surface area contributed by atoms with Gasteiger partial charge in [-0.15, -0.1) is 0 Å². The van der Waals surface area contributed by atoms with Crippen molar-refractivity contribution in [2.24, 2.45) is 0 Å². The van der Waals surface area contributed by atoms with Crippen molar-refractivity contribution in [2.75, 3.05) is 6.54 Å². The van der Waals surface area contributed by atoms with Crippen LogP contribution in [0, 0.1) is 0 Å². The van der Waals surface area contributed by atoms with Gasteiger partial charge in [-0.1, -0.05) is 29.3 Å². The Labute approximate surface area is 126 Å². The van der Waals surface area contributed by atoms with E-state index in [2.05, 4.69) is 5.32 Å². The maximum absolute atomic E-state index is 10.1. The fourth-order valence-corrected chi connectivity index (χ4v) is 2.35. The monoisotopic (exact) mass is 315 g/mol. The first-order valence-electron chi connectivity index (χ1n) is 6.12. The van der Waals surface area contributed by atoms with Gasteiger partial charge in [0.05, 0.1) is 12.6 Å². The summed E-state index contributed by atoms with van der Waals surface area (Å²) in [4.78, 5) is 0. The van der Waals surface area contributed by atoms with Gasteiger partial charge >= 0.3 is 0 Å². The number of benzene rings is 1. The first-order chi connectivity index (χ1) is 9.60. The lowest BCUT2D eigenvalue weighted by Crippen LogP contribution is -2.21. The third kappa shape index (κ3) is 3.98. The Hall–Kier alpha value is -1.04. The summed E-state index contributed by atoms with van der Waals surface area (Å²) in [7, 11) is 0. The van der Waals surface area contributed by atoms with Crippen molar-refractivity contribution in [3.8, 4) is 0 Å². The molecule has 0 aliphatic rings. The third-order valence-electron chi connectivity index (χ3n) is 2.83. The van der Waals surface area contributed by atoms with E-state index in [0.717, 1.165) is 0 Å². The topological polar surface area (TPSA) is 65.6 Å². The van der Waals surface area contributed by atoms with Crippen molar-refractivity contribution in [1.29, 1.82) is 0 Å². The van der Waals surface area contributed by atoms with Crippen LogP contribution in [0.4, 0.5) is 0 Å². The second-order valence-electron chi connectivity index (χ2n) is 4.34. The fourth-order valence-electron chi connectivity index (χ4n) is 1.82. The molecule has 0 saturated carbocycles. The molecule has 6 heteroatoms. The smallest absolute Gasteiger partial charge is 0.129 e. The highest BCUT2D eigenvalue weighted by molar-refractivity contribution is 6.35. The maximum atomic E-state index is 10.1. The maximum Gasteiger partial charge on any atom is 0.129 e. The van der Waals surface area contributed by atoms with Gasteiger partial charge < -0.3 is 19.9 Å². The summed E-state index contributed by atoms with van der Waals surface area (Å²) in [5.41, 5.74) is 0.624. The summed E-state index contributed by atoms with van der Waals surface area (Å²) in [6, 6.07) is 8.48. The molecule has 0 aliphatic heterocycles. The minimum atomic E-state index is -0.730. The van der Waals surface area contributed by atoms with E-state index in [-0.39, 0.29) is 6.61 Å². The van der Waals surface area contributed by atoms with Crippen molar-refractivity contribution < 1.29 is 14.6 Å². The predicted molar refractivity (Wildman–Crippen MR) is 77.8 cm³/mol. The average Bonchev–Trinajstić information content (AvgIpc) is 2.86. The summed E-state index contributed by atoms with van der Waals surface area (Å²) < 4.78 is 5.32. The lowest BCUT2D eigenvalue weighted by molar-refractivity contribution is 0.173. The van der Waals surface area contributed by atoms with Crippen LogP contribution in [0.25, 0.3) is 0 Å². The van der Waals surface area contributed by atoms with Crippen LogP contribution in [0.5, 0.6) is 0 Å². The van der Waals surface area contributed by atoms with Crippen molar-refractivity contribution in [3.63, 3.8) is 0 Å². The molecular weight excluding hydrogens is 301 g/mol. The molecule has 2 aromatic rings. The summed E-state index contributed by atoms with van der Waals surface area (Å²) in [6.07, 6.45) is -0.730. The number of furan rings is 1. The molecule has 0 radical (unpaired) electrons. The molecule has 0 fully saturated rings. The highest BCUT2D eigenvalue weighted by Gasteiger charge is 2.12. The number of rotatable bonds is 6. The van der Waals surface area contributed by atoms with Crippen LogP contribution in [-0.2, 0) is 13.2 Å². The SMILES string of the molecule is OCc1ccc(CNCC(O)c2ccc(Cl)cc2Cl)o1. The van der Waals surface area contributed by atoms with Gasteiger partial charge in [-0.3, -0.25) is 0 Å². The van der Waals surface area contributed by atoms with Crippen molar-refractivity contribution >= 4 is 23.2 Å². The lowest BCUT2D eigenvalue weighted by atomic mass is 10.1. The molecule has 3 N–H and O–H groups in total. The Morgan fingerprint density at radius 2 is 1.90 bits per heavy atom. The average molecular weight is 316 g/mol. The first kappa shape index (κ1) is 15.4. The first-order valence-corrected chi connectivity index (χ1v) is 6.88. The fraction of sp³-hybridized carbons (Fsp3) is 0.286. The van der Waals surface area contributed by atoms with E-state index in [4.69, 9.17) is 32.7 Å². The second kappa shape index (κ2) is 7.11. The number of halogens is 2. The molecule has 1 heterocycles. The molecule has 1 atom stereocenters. The lowest BCUT2D eigenvalue weighted by Gasteiger charge is -2.13. The van der Waals surface area contributed by atoms with Crippen molar-refractivity contribution in [3.05, 3.63) is 57.5 Å². The Bertz CT molecular complexity index is 571. The molecule has 0 bridgehead atoms. The Morgan fingerprint density at radius 1 is 1.15 bits per heavy atom. The van der Waals surface area contributed by atoms with Gasteiger partial charge in [0, 0.05) is 22.2 Å². The number of hydrogen-bond donors (Lipinski definition) is 3. The summed E-state index contributed by atoms with van der Waals surface area (Å²) in [5.74, 6) is 1.21. The molecule has 1 unspecified atom stereocenters. The van der Waals surface area contributed by atoms with Gasteiger partial charge in [0.15, 0.2) is 0 Å². The van der Waals surface area contributed by atoms with Gasteiger partial charge in [-0.25, -0.2) is 0 Å². The van der Waals surface area contributed by atoms with Gasteiger partial charge in [0.25, 0.3) is 0 Å². The van der Waals surface area contributed by atoms with E-state index in [1.165, 1.54) is 0 Å². The molecule has 1 aromatic carbocycles. The molecule has 1 aromatic heterocycles. The molecule has 2 rings (SSSR count). The number of hydrogen-bond acceptors (Lipinski definition) is 4. The van der Waals surface area contributed by atoms with Gasteiger partial charge in [-0.05, 0) is 24.3 Å². The minimum absolute atomic E-state index is 0.122. The van der Waals surface area contributed by atoms with Gasteiger partial charge in [0.2, 0.25) is 0 Å². The van der Waals surface area contributed by atoms with Crippen LogP contribution in [0.15, 0.2) is 34.7 Å². The van der Waals surface area contributed by atoms with Gasteiger partial charge in [0.1, 0.15) is 18.1 Å². The Morgan fingerprint density at radius 3 is 2.55 bits per heavy atom. The van der Waals surface area contributed by atoms with Crippen LogP contribution in [-0.4, -0.2) is 16.8 Å². The quantitative estimate of drug-likeness (QED) is 0.767. The molecular formula is C14H15Cl2NO3. The number of nitrogens with one attached hydrogen (secondary N) is 1. The van der Waals surface area contributed by atoms with Crippen LogP contribution in [0.1, 0.15) is 23.2 Å². The Balaban J connectivity index is 1.87. The van der Waals surface area contributed by atoms with Gasteiger partial charge in [-0.2, -0.15) is 0 Å². The van der Waals surface area contributed by atoms with Crippen LogP contribution in [0.3, 0.4) is 0 Å². The molecule has 0 spiro atoms. The van der Waals surface area contributed by atoms with E-state index < -0.39 is 6.10 Å². The number of aliphatic hydroxyl groups excluding tert-OH is 2. The van der Waals surface area contributed by atoms with Crippen LogP contribution < -0.4 is 5.32 Å². The molecule has 0 amide bonds. The highest BCUT2D eigenvalue weighted by Crippen LogP contribution is 2.25. The minimum Gasteiger partial charge on any atom is -0.462 e. The van der Waals surface area contributed by atoms with E-state index in [1.54, 1.807) is 30.3 Å². The second-order valence-corrected chi connectivity index (χ2v) is 5.18. The van der Waals surface area contributed by atoms with E-state index >= 15 is 0 Å². The molecule has 4 nitrogen and oxygen atoms in total. The van der Waals surface area contributed by atoms with Crippen molar-refractivity contribution in [1.82, 2.24) is 5.32 Å². The van der Waals surface area contributed by atoms with Crippen molar-refractivity contribution in [2.45, 2.75) is 19.3 Å². The highest BCUT2D eigenvalue weighted by atomic mass is 35.5. The number of aliphatic hydroxyl groups is 2. The summed E-state index contributed by atoms with van der Waals surface area (Å²) in [6.45, 7) is 0.668. The largest absolute Gasteiger partial charge is 0.462 e. The summed E-state index contributed by atoms with van der Waals surface area (Å²) in [5, 5.41) is 23.0. The molecule has 108 valence electrons. The predicted octanol–water partition coefficient (Wildman–Crippen LogP) is 2.90. The van der Waals surface area contributed by atoms with E-state index in [1.807, 2.05) is 0 Å². The van der Waals surface area contributed by atoms with Crippen LogP contribution >= 0.6 is 23.2 Å². The molecule has 20 heavy (non-hydrogen) atoms. The zero-order valence-corrected chi connectivity index (χ0v) is 12.2. The van der Waals surface area contributed by atoms with E-state index in [0.29, 0.717) is 40.2 Å². The van der Waals surface area contributed by atoms with E-state index in [9.17, 15) is 5.11 Å². The standard InChI is InChI=1S/C14H15Cl2NO3/c15-9-1-4-12(13(16)5-9)14(19)7-17-6-10-2-3-11(8-18)20-10/h1-5,14,17-19H,6-8H2. The zero-order valence-electron chi connectivity index (χ0n) is 10.6. The molecule has 0 aliphatic carbocycles. The molecule has 0 saturated heterocycles. The zero-order chi connectivity index (χ0) is 14.5. The van der Waals surface area contributed by atoms with Crippen LogP contribution in [0.2, 0.25) is 10.0 Å². The third-order valence-corrected chi connectivity index (χ3v) is 3.39.